The number of ether oxygens (including phenoxy) is 1. The van der Waals surface area contributed by atoms with E-state index in [0.717, 1.165) is 17.1 Å². The molecule has 0 unspecified atom stereocenters. The minimum Gasteiger partial charge on any atom is -0.361 e. The Morgan fingerprint density at radius 2 is 2.21 bits per heavy atom. The second-order valence-electron chi connectivity index (χ2n) is 5.73. The lowest BCUT2D eigenvalue weighted by Crippen LogP contribution is -2.22. The molecule has 0 aliphatic carbocycles. The summed E-state index contributed by atoms with van der Waals surface area (Å²) in [6.07, 6.45) is 3.24. The molecule has 5 nitrogen and oxygen atoms in total. The van der Waals surface area contributed by atoms with Crippen molar-refractivity contribution in [3.8, 4) is 0 Å². The predicted octanol–water partition coefficient (Wildman–Crippen LogP) is 2.80. The lowest BCUT2D eigenvalue weighted by atomic mass is 10.4. The monoisotopic (exact) mass is 343 g/mol. The van der Waals surface area contributed by atoms with Crippen molar-refractivity contribution in [1.29, 1.82) is 0 Å². The van der Waals surface area contributed by atoms with Crippen LogP contribution < -0.4 is 5.56 Å². The Bertz CT molecular complexity index is 630. The van der Waals surface area contributed by atoms with Crippen molar-refractivity contribution in [3.63, 3.8) is 0 Å². The second kappa shape index (κ2) is 5.60. The molecule has 0 fully saturated rings. The lowest BCUT2D eigenvalue weighted by Gasteiger charge is -2.15. The van der Waals surface area contributed by atoms with E-state index in [1.54, 1.807) is 17.1 Å². The van der Waals surface area contributed by atoms with Crippen molar-refractivity contribution in [2.45, 2.75) is 32.4 Å². The van der Waals surface area contributed by atoms with Gasteiger partial charge in [0.15, 0.2) is 0 Å². The lowest BCUT2D eigenvalue weighted by molar-refractivity contribution is 0.0897. The molecule has 0 atom stereocenters. The molecule has 0 aliphatic rings. The minimum atomic E-state index is -1.08. The Morgan fingerprint density at radius 3 is 2.89 bits per heavy atom. The van der Waals surface area contributed by atoms with Crippen LogP contribution in [0.5, 0.6) is 0 Å². The molecular weight excluding hydrogens is 326 g/mol. The van der Waals surface area contributed by atoms with Crippen LogP contribution in [0.4, 0.5) is 0 Å². The van der Waals surface area contributed by atoms with Gasteiger partial charge in [-0.05, 0) is 22.0 Å². The highest BCUT2D eigenvalue weighted by Gasteiger charge is 2.13. The highest BCUT2D eigenvalue weighted by atomic mass is 79.9. The third kappa shape index (κ3) is 3.55. The number of fused-ring (bicyclic) bond motifs is 1. The Kier molecular flexibility index (Phi) is 4.27. The fourth-order valence-corrected chi connectivity index (χ4v) is 2.86. The van der Waals surface area contributed by atoms with Crippen LogP contribution in [0.15, 0.2) is 21.8 Å². The van der Waals surface area contributed by atoms with Crippen LogP contribution in [0, 0.1) is 0 Å². The number of halogens is 1. The summed E-state index contributed by atoms with van der Waals surface area (Å²) >= 11 is 3.37. The number of pyridine rings is 1. The Labute approximate surface area is 121 Å². The van der Waals surface area contributed by atoms with Gasteiger partial charge in [-0.15, -0.1) is 0 Å². The van der Waals surface area contributed by atoms with Gasteiger partial charge in [-0.3, -0.25) is 4.79 Å². The average molecular weight is 344 g/mol. The van der Waals surface area contributed by atoms with E-state index in [1.165, 1.54) is 0 Å². The maximum Gasteiger partial charge on any atom is 0.274 e. The molecule has 2 aromatic heterocycles. The number of aromatic amines is 1. The molecule has 0 saturated carbocycles. The van der Waals surface area contributed by atoms with Gasteiger partial charge in [-0.1, -0.05) is 19.6 Å². The summed E-state index contributed by atoms with van der Waals surface area (Å²) in [5.41, 5.74) is 1.06. The van der Waals surface area contributed by atoms with Crippen LogP contribution in [0.25, 0.3) is 11.0 Å². The largest absolute Gasteiger partial charge is 0.361 e. The van der Waals surface area contributed by atoms with E-state index in [1.807, 2.05) is 0 Å². The summed E-state index contributed by atoms with van der Waals surface area (Å²) < 4.78 is 8.17. The van der Waals surface area contributed by atoms with Crippen LogP contribution in [-0.2, 0) is 11.5 Å². The molecule has 2 heterocycles. The van der Waals surface area contributed by atoms with Crippen molar-refractivity contribution in [2.24, 2.45) is 0 Å². The molecule has 0 spiro atoms. The second-order valence-corrected chi connectivity index (χ2v) is 12.2. The number of hydrogen-bond donors (Lipinski definition) is 1. The molecule has 0 radical (unpaired) electrons. The van der Waals surface area contributed by atoms with Crippen LogP contribution in [0.1, 0.15) is 0 Å². The summed E-state index contributed by atoms with van der Waals surface area (Å²) in [4.78, 5) is 18.7. The molecule has 1 N–H and O–H groups in total. The van der Waals surface area contributed by atoms with E-state index in [-0.39, 0.29) is 5.56 Å². The molecule has 0 saturated heterocycles. The van der Waals surface area contributed by atoms with Crippen LogP contribution in [-0.4, -0.2) is 29.2 Å². The number of aromatic nitrogens is 3. The number of hydrogen-bond acceptors (Lipinski definition) is 3. The first kappa shape index (κ1) is 14.5. The van der Waals surface area contributed by atoms with Gasteiger partial charge in [0.2, 0.25) is 0 Å². The number of nitrogens with zero attached hydrogens (tertiary/aromatic N) is 2. The van der Waals surface area contributed by atoms with E-state index >= 15 is 0 Å². The first-order valence-electron chi connectivity index (χ1n) is 6.18. The molecule has 0 amide bonds. The molecular formula is C12H18BrN3O2Si. The zero-order chi connectivity index (χ0) is 14.0. The first-order chi connectivity index (χ1) is 8.88. The molecule has 7 heteroatoms. The summed E-state index contributed by atoms with van der Waals surface area (Å²) in [6, 6.07) is 1.11. The molecule has 19 heavy (non-hydrogen) atoms. The topological polar surface area (TPSA) is 59.9 Å². The maximum atomic E-state index is 11.8. The third-order valence-corrected chi connectivity index (χ3v) is 5.14. The standard InChI is InChI=1S/C12H18BrN3O2Si/c1-19(2,3)5-4-18-8-16-7-15-10-9(13)6-14-12(17)11(10)16/h6-7H,4-5,8H2,1-3H3,(H,14,17). The number of nitrogens with one attached hydrogen (secondary N) is 1. The molecule has 0 aliphatic heterocycles. The predicted molar refractivity (Wildman–Crippen MR) is 82.2 cm³/mol. The Balaban J connectivity index is 2.10. The van der Waals surface area contributed by atoms with Crippen molar-refractivity contribution in [1.82, 2.24) is 14.5 Å². The summed E-state index contributed by atoms with van der Waals surface area (Å²) in [5.74, 6) is 0. The highest BCUT2D eigenvalue weighted by molar-refractivity contribution is 9.10. The van der Waals surface area contributed by atoms with Gasteiger partial charge in [0, 0.05) is 20.9 Å². The minimum absolute atomic E-state index is 0.149. The van der Waals surface area contributed by atoms with Crippen LogP contribution >= 0.6 is 15.9 Å². The number of rotatable bonds is 5. The Morgan fingerprint density at radius 1 is 1.47 bits per heavy atom. The van der Waals surface area contributed by atoms with E-state index in [9.17, 15) is 4.79 Å². The SMILES string of the molecule is C[Si](C)(C)CCOCn1cnc2c(Br)c[nH]c(=O)c21. The smallest absolute Gasteiger partial charge is 0.274 e. The van der Waals surface area contributed by atoms with Crippen molar-refractivity contribution in [3.05, 3.63) is 27.4 Å². The molecule has 2 aromatic rings. The van der Waals surface area contributed by atoms with Gasteiger partial charge < -0.3 is 14.3 Å². The van der Waals surface area contributed by atoms with Crippen molar-refractivity contribution >= 4 is 35.0 Å². The highest BCUT2D eigenvalue weighted by Crippen LogP contribution is 2.18. The van der Waals surface area contributed by atoms with Gasteiger partial charge in [0.25, 0.3) is 5.56 Å². The van der Waals surface area contributed by atoms with Gasteiger partial charge >= 0.3 is 0 Å². The van der Waals surface area contributed by atoms with Crippen LogP contribution in [0.2, 0.25) is 25.7 Å². The van der Waals surface area contributed by atoms with Gasteiger partial charge in [0.05, 0.1) is 10.8 Å². The van der Waals surface area contributed by atoms with Crippen molar-refractivity contribution < 1.29 is 4.74 Å². The average Bonchev–Trinajstić information content (AvgIpc) is 2.73. The van der Waals surface area contributed by atoms with Gasteiger partial charge in [0.1, 0.15) is 17.8 Å². The zero-order valence-electron chi connectivity index (χ0n) is 11.4. The van der Waals surface area contributed by atoms with Gasteiger partial charge in [-0.2, -0.15) is 0 Å². The quantitative estimate of drug-likeness (QED) is 0.670. The zero-order valence-corrected chi connectivity index (χ0v) is 14.0. The van der Waals surface area contributed by atoms with E-state index in [2.05, 4.69) is 45.5 Å². The maximum absolute atomic E-state index is 11.8. The number of imidazole rings is 1. The molecule has 2 rings (SSSR count). The van der Waals surface area contributed by atoms with E-state index in [0.29, 0.717) is 17.8 Å². The molecule has 0 bridgehead atoms. The fraction of sp³-hybridized carbons (Fsp3) is 0.500. The summed E-state index contributed by atoms with van der Waals surface area (Å²) in [5, 5.41) is 0. The first-order valence-corrected chi connectivity index (χ1v) is 10.7. The van der Waals surface area contributed by atoms with Crippen LogP contribution in [0.3, 0.4) is 0 Å². The third-order valence-electron chi connectivity index (χ3n) is 2.84. The van der Waals surface area contributed by atoms with Crippen molar-refractivity contribution in [2.75, 3.05) is 6.61 Å². The normalized spacial score (nSPS) is 12.2. The summed E-state index contributed by atoms with van der Waals surface area (Å²) in [7, 11) is -1.08. The summed E-state index contributed by atoms with van der Waals surface area (Å²) in [6.45, 7) is 8.02. The number of H-pyrrole nitrogens is 1. The van der Waals surface area contributed by atoms with E-state index < -0.39 is 8.07 Å². The Hall–Kier alpha value is -0.923. The molecule has 104 valence electrons. The fourth-order valence-electron chi connectivity index (χ4n) is 1.70. The van der Waals surface area contributed by atoms with Gasteiger partial charge in [-0.25, -0.2) is 4.98 Å². The molecule has 0 aromatic carbocycles. The van der Waals surface area contributed by atoms with E-state index in [4.69, 9.17) is 4.74 Å².